The molecule has 1 aliphatic rings. The summed E-state index contributed by atoms with van der Waals surface area (Å²) in [6, 6.07) is 6.02. The molecule has 1 N–H and O–H groups in total. The molecule has 0 unspecified atom stereocenters. The molecule has 132 valence electrons. The molecule has 0 bridgehead atoms. The summed E-state index contributed by atoms with van der Waals surface area (Å²) >= 11 is 0.471. The van der Waals surface area contributed by atoms with Crippen LogP contribution in [0.4, 0.5) is 14.5 Å². The predicted octanol–water partition coefficient (Wildman–Crippen LogP) is 2.49. The topological polar surface area (TPSA) is 52.7 Å². The molecule has 8 heteroatoms. The van der Waals surface area contributed by atoms with Crippen molar-refractivity contribution in [2.45, 2.75) is 30.5 Å². The largest absolute Gasteiger partial charge is 0.340 e. The number of hydrogen-bond acceptors (Lipinski definition) is 4. The lowest BCUT2D eigenvalue weighted by Crippen LogP contribution is -2.53. The van der Waals surface area contributed by atoms with Crippen molar-refractivity contribution in [3.63, 3.8) is 0 Å². The first-order valence-electron chi connectivity index (χ1n) is 7.72. The summed E-state index contributed by atoms with van der Waals surface area (Å²) in [5, 5.41) is 2.80. The predicted molar refractivity (Wildman–Crippen MR) is 90.2 cm³/mol. The second kappa shape index (κ2) is 8.43. The summed E-state index contributed by atoms with van der Waals surface area (Å²) in [5.74, 6) is -2.56. The lowest BCUT2D eigenvalue weighted by Gasteiger charge is -2.37. The third-order valence-electron chi connectivity index (χ3n) is 4.03. The van der Waals surface area contributed by atoms with Gasteiger partial charge in [0, 0.05) is 43.7 Å². The van der Waals surface area contributed by atoms with Crippen LogP contribution in [-0.4, -0.2) is 59.6 Å². The Balaban J connectivity index is 1.86. The van der Waals surface area contributed by atoms with Gasteiger partial charge in [-0.05, 0) is 31.2 Å². The summed E-state index contributed by atoms with van der Waals surface area (Å²) in [5.41, 5.74) is 0.577. The summed E-state index contributed by atoms with van der Waals surface area (Å²) in [6.45, 7) is 5.90. The van der Waals surface area contributed by atoms with Gasteiger partial charge in [0.1, 0.15) is 0 Å². The van der Waals surface area contributed by atoms with Gasteiger partial charge in [0.05, 0.1) is 6.04 Å². The number of nitrogens with one attached hydrogen (secondary N) is 1. The minimum atomic E-state index is -2.46. The van der Waals surface area contributed by atoms with Gasteiger partial charge in [-0.15, -0.1) is 0 Å². The van der Waals surface area contributed by atoms with E-state index in [-0.39, 0.29) is 17.9 Å². The fraction of sp³-hybridized carbons (Fsp3) is 0.500. The normalized spacial score (nSPS) is 17.0. The van der Waals surface area contributed by atoms with E-state index < -0.39 is 5.76 Å². The Hall–Kier alpha value is -1.67. The average molecular weight is 357 g/mol. The third kappa shape index (κ3) is 5.17. The highest BCUT2D eigenvalue weighted by atomic mass is 32.2. The Labute approximate surface area is 144 Å². The molecular weight excluding hydrogens is 336 g/mol. The molecule has 1 atom stereocenters. The van der Waals surface area contributed by atoms with Crippen molar-refractivity contribution in [2.24, 2.45) is 0 Å². The first-order chi connectivity index (χ1) is 11.4. The number of benzene rings is 1. The molecule has 2 rings (SSSR count). The molecule has 1 aromatic rings. The van der Waals surface area contributed by atoms with Gasteiger partial charge in [-0.25, -0.2) is 0 Å². The minimum Gasteiger partial charge on any atom is -0.340 e. The Bertz CT molecular complexity index is 575. The van der Waals surface area contributed by atoms with Crippen molar-refractivity contribution >= 4 is 29.3 Å². The van der Waals surface area contributed by atoms with Crippen LogP contribution in [0.25, 0.3) is 0 Å². The number of carbonyl (C=O) groups is 2. The monoisotopic (exact) mass is 357 g/mol. The molecule has 0 aromatic heterocycles. The number of halogens is 2. The van der Waals surface area contributed by atoms with E-state index in [4.69, 9.17) is 0 Å². The van der Waals surface area contributed by atoms with Crippen molar-refractivity contribution in [1.82, 2.24) is 9.80 Å². The molecule has 2 amide bonds. The summed E-state index contributed by atoms with van der Waals surface area (Å²) in [4.78, 5) is 27.9. The van der Waals surface area contributed by atoms with Crippen LogP contribution in [0.5, 0.6) is 0 Å². The third-order valence-corrected chi connectivity index (χ3v) is 4.76. The van der Waals surface area contributed by atoms with Crippen molar-refractivity contribution in [1.29, 1.82) is 0 Å². The number of alkyl halides is 2. The van der Waals surface area contributed by atoms with Crippen molar-refractivity contribution in [3.8, 4) is 0 Å². The molecule has 1 aliphatic heterocycles. The van der Waals surface area contributed by atoms with E-state index in [1.54, 1.807) is 36.1 Å². The van der Waals surface area contributed by atoms with Crippen LogP contribution < -0.4 is 5.32 Å². The summed E-state index contributed by atoms with van der Waals surface area (Å²) in [6.07, 6.45) is 0. The highest BCUT2D eigenvalue weighted by Gasteiger charge is 2.26. The fourth-order valence-corrected chi connectivity index (χ4v) is 3.06. The molecule has 0 spiro atoms. The lowest BCUT2D eigenvalue weighted by atomic mass is 10.2. The molecule has 0 radical (unpaired) electrons. The van der Waals surface area contributed by atoms with Crippen LogP contribution >= 0.6 is 11.8 Å². The maximum absolute atomic E-state index is 12.3. The van der Waals surface area contributed by atoms with Crippen molar-refractivity contribution in [2.75, 3.05) is 31.5 Å². The molecule has 1 saturated heterocycles. The smallest absolute Gasteiger partial charge is 0.288 e. The molecule has 1 fully saturated rings. The average Bonchev–Trinajstić information content (AvgIpc) is 2.55. The number of hydrogen-bond donors (Lipinski definition) is 1. The van der Waals surface area contributed by atoms with Crippen molar-refractivity contribution < 1.29 is 18.4 Å². The first-order valence-corrected chi connectivity index (χ1v) is 8.60. The van der Waals surface area contributed by atoms with Crippen LogP contribution in [0.15, 0.2) is 29.2 Å². The second-order valence-electron chi connectivity index (χ2n) is 5.61. The molecule has 24 heavy (non-hydrogen) atoms. The Morgan fingerprint density at radius 3 is 2.21 bits per heavy atom. The number of amides is 2. The highest BCUT2D eigenvalue weighted by molar-refractivity contribution is 7.99. The van der Waals surface area contributed by atoms with Gasteiger partial charge in [-0.1, -0.05) is 11.8 Å². The maximum Gasteiger partial charge on any atom is 0.288 e. The zero-order valence-corrected chi connectivity index (χ0v) is 14.5. The van der Waals surface area contributed by atoms with Gasteiger partial charge in [0.25, 0.3) is 5.76 Å². The lowest BCUT2D eigenvalue weighted by molar-refractivity contribution is -0.131. The van der Waals surface area contributed by atoms with Gasteiger partial charge in [-0.3, -0.25) is 14.5 Å². The van der Waals surface area contributed by atoms with Gasteiger partial charge < -0.3 is 10.2 Å². The van der Waals surface area contributed by atoms with Crippen LogP contribution in [-0.2, 0) is 9.59 Å². The number of anilines is 1. The van der Waals surface area contributed by atoms with E-state index in [1.165, 1.54) is 0 Å². The molecular formula is C16H21F2N3O2S. The zero-order valence-electron chi connectivity index (χ0n) is 13.7. The van der Waals surface area contributed by atoms with Crippen LogP contribution in [0.1, 0.15) is 13.8 Å². The first kappa shape index (κ1) is 18.7. The quantitative estimate of drug-likeness (QED) is 0.823. The number of piperazine rings is 1. The van der Waals surface area contributed by atoms with Gasteiger partial charge in [0.2, 0.25) is 11.8 Å². The number of carbonyl (C=O) groups excluding carboxylic acids is 2. The van der Waals surface area contributed by atoms with Crippen LogP contribution in [0.2, 0.25) is 0 Å². The summed E-state index contributed by atoms with van der Waals surface area (Å²) < 4.78 is 24.6. The van der Waals surface area contributed by atoms with E-state index in [1.807, 2.05) is 11.8 Å². The Morgan fingerprint density at radius 1 is 1.12 bits per heavy atom. The standard InChI is InChI=1S/C16H21F2N3O2S/c1-11(20-7-9-21(10-8-20)12(2)22)15(23)19-13-3-5-14(6-4-13)24-16(17)18/h3-6,11,16H,7-10H2,1-2H3,(H,19,23)/t11-/m0/s1. The number of rotatable bonds is 5. The van der Waals surface area contributed by atoms with Gasteiger partial charge in [-0.2, -0.15) is 8.78 Å². The van der Waals surface area contributed by atoms with E-state index >= 15 is 0 Å². The highest BCUT2D eigenvalue weighted by Crippen LogP contribution is 2.26. The SMILES string of the molecule is CC(=O)N1CCN([C@@H](C)C(=O)Nc2ccc(SC(F)F)cc2)CC1. The molecule has 1 aromatic carbocycles. The summed E-state index contributed by atoms with van der Waals surface area (Å²) in [7, 11) is 0. The molecule has 0 aliphatic carbocycles. The van der Waals surface area contributed by atoms with E-state index in [0.717, 1.165) is 0 Å². The van der Waals surface area contributed by atoms with E-state index in [0.29, 0.717) is 48.5 Å². The van der Waals surface area contributed by atoms with E-state index in [9.17, 15) is 18.4 Å². The van der Waals surface area contributed by atoms with Gasteiger partial charge >= 0.3 is 0 Å². The number of nitrogens with zero attached hydrogens (tertiary/aromatic N) is 2. The van der Waals surface area contributed by atoms with E-state index in [2.05, 4.69) is 5.32 Å². The molecule has 1 heterocycles. The Morgan fingerprint density at radius 2 is 1.71 bits per heavy atom. The van der Waals surface area contributed by atoms with Gasteiger partial charge in [0.15, 0.2) is 0 Å². The second-order valence-corrected chi connectivity index (χ2v) is 6.67. The van der Waals surface area contributed by atoms with Crippen LogP contribution in [0.3, 0.4) is 0 Å². The fourth-order valence-electron chi connectivity index (χ4n) is 2.56. The number of thioether (sulfide) groups is 1. The molecule has 0 saturated carbocycles. The van der Waals surface area contributed by atoms with Crippen LogP contribution in [0, 0.1) is 0 Å². The minimum absolute atomic E-state index is 0.0495. The zero-order chi connectivity index (χ0) is 17.7. The van der Waals surface area contributed by atoms with Crippen molar-refractivity contribution in [3.05, 3.63) is 24.3 Å². The Kier molecular flexibility index (Phi) is 6.56. The maximum atomic E-state index is 12.3. The molecule has 5 nitrogen and oxygen atoms in total.